The summed E-state index contributed by atoms with van der Waals surface area (Å²) in [4.78, 5) is 13.3. The molecule has 0 amide bonds. The third kappa shape index (κ3) is 2.66. The highest BCUT2D eigenvalue weighted by atomic mass is 16.5. The topological polar surface area (TPSA) is 82.1 Å². The van der Waals surface area contributed by atoms with Gasteiger partial charge < -0.3 is 9.42 Å². The molecule has 7 heteroatoms. The average Bonchev–Trinajstić information content (AvgIpc) is 3.33. The Morgan fingerprint density at radius 3 is 3.00 bits per heavy atom. The van der Waals surface area contributed by atoms with Crippen LogP contribution in [0.5, 0.6) is 0 Å². The van der Waals surface area contributed by atoms with E-state index in [0.29, 0.717) is 23.9 Å². The maximum atomic E-state index is 9.29. The van der Waals surface area contributed by atoms with Crippen LogP contribution in [0.15, 0.2) is 22.9 Å². The van der Waals surface area contributed by atoms with Gasteiger partial charge in [0.05, 0.1) is 5.56 Å². The molecule has 1 aliphatic heterocycles. The predicted molar refractivity (Wildman–Crippen MR) is 82.8 cm³/mol. The first kappa shape index (κ1) is 14.2. The third-order valence-electron chi connectivity index (χ3n) is 4.54. The van der Waals surface area contributed by atoms with Gasteiger partial charge in [-0.3, -0.25) is 4.90 Å². The van der Waals surface area contributed by atoms with Gasteiger partial charge in [0.1, 0.15) is 17.9 Å². The summed E-state index contributed by atoms with van der Waals surface area (Å²) in [7, 11) is 2.06. The Morgan fingerprint density at radius 2 is 2.22 bits per heavy atom. The fourth-order valence-corrected chi connectivity index (χ4v) is 2.96. The van der Waals surface area contributed by atoms with Crippen LogP contribution in [0.2, 0.25) is 0 Å². The second kappa shape index (κ2) is 5.63. The Morgan fingerprint density at radius 1 is 1.35 bits per heavy atom. The molecule has 0 aromatic carbocycles. The van der Waals surface area contributed by atoms with Crippen LogP contribution >= 0.6 is 0 Å². The Hall–Kier alpha value is -2.46. The van der Waals surface area contributed by atoms with Gasteiger partial charge in [-0.1, -0.05) is 5.16 Å². The van der Waals surface area contributed by atoms with Crippen molar-refractivity contribution in [1.82, 2.24) is 20.0 Å². The van der Waals surface area contributed by atoms with Gasteiger partial charge in [-0.05, 0) is 32.0 Å². The molecule has 118 valence electrons. The number of hydrogen-bond donors (Lipinski definition) is 0. The highest BCUT2D eigenvalue weighted by molar-refractivity contribution is 5.53. The van der Waals surface area contributed by atoms with Crippen molar-refractivity contribution in [2.75, 3.05) is 31.6 Å². The molecule has 4 rings (SSSR count). The summed E-state index contributed by atoms with van der Waals surface area (Å²) in [6, 6.07) is 5.83. The van der Waals surface area contributed by atoms with Crippen molar-refractivity contribution in [2.24, 2.45) is 0 Å². The van der Waals surface area contributed by atoms with Crippen molar-refractivity contribution in [3.63, 3.8) is 0 Å². The standard InChI is InChI=1S/C16H18N6O/c1-21-7-8-22(15-12(9-17)3-2-6-18-15)10-13(21)16-19-14(20-23-16)11-4-5-11/h2-3,6,11,13H,4-5,7-8,10H2,1H3. The molecule has 3 heterocycles. The van der Waals surface area contributed by atoms with E-state index in [1.165, 1.54) is 0 Å². The minimum absolute atomic E-state index is 0.0253. The van der Waals surface area contributed by atoms with Crippen LogP contribution in [0.4, 0.5) is 5.82 Å². The predicted octanol–water partition coefficient (Wildman–Crippen LogP) is 1.71. The van der Waals surface area contributed by atoms with E-state index in [4.69, 9.17) is 4.52 Å². The van der Waals surface area contributed by atoms with E-state index in [2.05, 4.69) is 38.0 Å². The lowest BCUT2D eigenvalue weighted by molar-refractivity contribution is 0.177. The lowest BCUT2D eigenvalue weighted by atomic mass is 10.1. The molecule has 2 aromatic heterocycles. The molecule has 0 spiro atoms. The number of hydrogen-bond acceptors (Lipinski definition) is 7. The Bertz CT molecular complexity index is 747. The molecular weight excluding hydrogens is 292 g/mol. The molecule has 2 fully saturated rings. The van der Waals surface area contributed by atoms with E-state index < -0.39 is 0 Å². The molecule has 1 saturated carbocycles. The molecule has 1 saturated heterocycles. The van der Waals surface area contributed by atoms with E-state index in [9.17, 15) is 5.26 Å². The Labute approximate surface area is 134 Å². The quantitative estimate of drug-likeness (QED) is 0.853. The fourth-order valence-electron chi connectivity index (χ4n) is 2.96. The number of likely N-dealkylation sites (N-methyl/N-ethyl adjacent to an activating group) is 1. The molecule has 1 aliphatic carbocycles. The molecule has 0 N–H and O–H groups in total. The molecule has 7 nitrogen and oxygen atoms in total. The van der Waals surface area contributed by atoms with Crippen molar-refractivity contribution >= 4 is 5.82 Å². The van der Waals surface area contributed by atoms with Crippen LogP contribution in [0, 0.1) is 11.3 Å². The zero-order valence-electron chi connectivity index (χ0n) is 13.0. The summed E-state index contributed by atoms with van der Waals surface area (Å²) in [5, 5.41) is 13.4. The lowest BCUT2D eigenvalue weighted by Gasteiger charge is -2.38. The summed E-state index contributed by atoms with van der Waals surface area (Å²) in [6.45, 7) is 2.37. The van der Waals surface area contributed by atoms with Crippen LogP contribution in [0.25, 0.3) is 0 Å². The molecule has 2 aliphatic rings. The molecule has 0 radical (unpaired) electrons. The number of nitrogens with zero attached hydrogens (tertiary/aromatic N) is 6. The summed E-state index contributed by atoms with van der Waals surface area (Å²) in [5.74, 6) is 2.71. The van der Waals surface area contributed by atoms with Gasteiger partial charge in [0, 0.05) is 31.7 Å². The molecule has 2 aromatic rings. The van der Waals surface area contributed by atoms with Crippen molar-refractivity contribution in [3.8, 4) is 6.07 Å². The van der Waals surface area contributed by atoms with Crippen LogP contribution in [-0.4, -0.2) is 46.7 Å². The average molecular weight is 310 g/mol. The zero-order chi connectivity index (χ0) is 15.8. The number of pyridine rings is 1. The van der Waals surface area contributed by atoms with E-state index in [-0.39, 0.29) is 6.04 Å². The lowest BCUT2D eigenvalue weighted by Crippen LogP contribution is -2.47. The molecular formula is C16H18N6O. The maximum absolute atomic E-state index is 9.29. The first-order valence-corrected chi connectivity index (χ1v) is 7.90. The van der Waals surface area contributed by atoms with Gasteiger partial charge in [0.2, 0.25) is 5.89 Å². The first-order valence-electron chi connectivity index (χ1n) is 7.90. The summed E-state index contributed by atoms with van der Waals surface area (Å²) >= 11 is 0. The van der Waals surface area contributed by atoms with Gasteiger partial charge >= 0.3 is 0 Å². The Kier molecular flexibility index (Phi) is 3.46. The summed E-state index contributed by atoms with van der Waals surface area (Å²) in [5.41, 5.74) is 0.597. The van der Waals surface area contributed by atoms with Crippen LogP contribution in [-0.2, 0) is 0 Å². The highest BCUT2D eigenvalue weighted by Crippen LogP contribution is 2.39. The SMILES string of the molecule is CN1CCN(c2ncccc2C#N)CC1c1nc(C2CC2)no1. The second-order valence-corrected chi connectivity index (χ2v) is 6.19. The summed E-state index contributed by atoms with van der Waals surface area (Å²) in [6.07, 6.45) is 4.04. The smallest absolute Gasteiger partial charge is 0.245 e. The van der Waals surface area contributed by atoms with E-state index >= 15 is 0 Å². The third-order valence-corrected chi connectivity index (χ3v) is 4.54. The second-order valence-electron chi connectivity index (χ2n) is 6.19. The van der Waals surface area contributed by atoms with E-state index in [1.807, 2.05) is 0 Å². The number of nitriles is 1. The largest absolute Gasteiger partial charge is 0.352 e. The normalized spacial score (nSPS) is 22.1. The van der Waals surface area contributed by atoms with Gasteiger partial charge in [-0.25, -0.2) is 4.98 Å². The van der Waals surface area contributed by atoms with Gasteiger partial charge in [0.25, 0.3) is 0 Å². The van der Waals surface area contributed by atoms with Gasteiger partial charge in [-0.15, -0.1) is 0 Å². The van der Waals surface area contributed by atoms with E-state index in [1.54, 1.807) is 18.3 Å². The molecule has 1 atom stereocenters. The molecule has 1 unspecified atom stereocenters. The van der Waals surface area contributed by atoms with Gasteiger partial charge in [0.15, 0.2) is 5.82 Å². The number of aromatic nitrogens is 3. The van der Waals surface area contributed by atoms with Crippen molar-refractivity contribution in [2.45, 2.75) is 24.8 Å². The van der Waals surface area contributed by atoms with Crippen molar-refractivity contribution < 1.29 is 4.52 Å². The van der Waals surface area contributed by atoms with Crippen molar-refractivity contribution in [3.05, 3.63) is 35.6 Å². The van der Waals surface area contributed by atoms with Crippen LogP contribution < -0.4 is 4.90 Å². The van der Waals surface area contributed by atoms with Crippen LogP contribution in [0.3, 0.4) is 0 Å². The van der Waals surface area contributed by atoms with Crippen LogP contribution in [0.1, 0.15) is 42.1 Å². The number of piperazine rings is 1. The summed E-state index contributed by atoms with van der Waals surface area (Å²) < 4.78 is 5.50. The fraction of sp³-hybridized carbons (Fsp3) is 0.500. The Balaban J connectivity index is 1.58. The molecule has 23 heavy (non-hydrogen) atoms. The number of anilines is 1. The van der Waals surface area contributed by atoms with Gasteiger partial charge in [-0.2, -0.15) is 10.2 Å². The number of rotatable bonds is 3. The highest BCUT2D eigenvalue weighted by Gasteiger charge is 2.34. The minimum atomic E-state index is 0.0253. The minimum Gasteiger partial charge on any atom is -0.352 e. The first-order chi connectivity index (χ1) is 11.3. The monoisotopic (exact) mass is 310 g/mol. The maximum Gasteiger partial charge on any atom is 0.245 e. The van der Waals surface area contributed by atoms with Crippen molar-refractivity contribution in [1.29, 1.82) is 5.26 Å². The van der Waals surface area contributed by atoms with E-state index in [0.717, 1.165) is 37.6 Å². The zero-order valence-corrected chi connectivity index (χ0v) is 13.0. The molecule has 0 bridgehead atoms.